The molecule has 4 nitrogen and oxygen atoms in total. The number of ether oxygens (including phenoxy) is 1. The van der Waals surface area contributed by atoms with Crippen molar-refractivity contribution in [2.24, 2.45) is 11.8 Å². The van der Waals surface area contributed by atoms with Gasteiger partial charge in [-0.1, -0.05) is 13.8 Å². The summed E-state index contributed by atoms with van der Waals surface area (Å²) in [7, 11) is 0. The SMILES string of the molecule is CCCN(CC(=O)OCC)C(=O)C(C)C1CC1. The van der Waals surface area contributed by atoms with Crippen molar-refractivity contribution in [1.29, 1.82) is 0 Å². The van der Waals surface area contributed by atoms with Gasteiger partial charge in [0.25, 0.3) is 0 Å². The van der Waals surface area contributed by atoms with Crippen molar-refractivity contribution in [3.05, 3.63) is 0 Å². The lowest BCUT2D eigenvalue weighted by atomic mass is 10.0. The van der Waals surface area contributed by atoms with E-state index in [2.05, 4.69) is 0 Å². The van der Waals surface area contributed by atoms with E-state index in [1.54, 1.807) is 11.8 Å². The molecule has 0 spiro atoms. The lowest BCUT2D eigenvalue weighted by Crippen LogP contribution is -2.40. The monoisotopic (exact) mass is 241 g/mol. The van der Waals surface area contributed by atoms with Crippen molar-refractivity contribution < 1.29 is 14.3 Å². The molecule has 0 aromatic rings. The van der Waals surface area contributed by atoms with Crippen LogP contribution < -0.4 is 0 Å². The second-order valence-electron chi connectivity index (χ2n) is 4.69. The van der Waals surface area contributed by atoms with Gasteiger partial charge in [0, 0.05) is 12.5 Å². The molecular weight excluding hydrogens is 218 g/mol. The topological polar surface area (TPSA) is 46.6 Å². The Morgan fingerprint density at radius 2 is 2.00 bits per heavy atom. The normalized spacial score (nSPS) is 16.4. The van der Waals surface area contributed by atoms with Gasteiger partial charge < -0.3 is 9.64 Å². The molecular formula is C13H23NO3. The third-order valence-electron chi connectivity index (χ3n) is 3.15. The summed E-state index contributed by atoms with van der Waals surface area (Å²) in [5.74, 6) is 0.375. The molecule has 1 rings (SSSR count). The standard InChI is InChI=1S/C13H23NO3/c1-4-8-14(9-12(15)17-5-2)13(16)10(3)11-6-7-11/h10-11H,4-9H2,1-3H3. The maximum Gasteiger partial charge on any atom is 0.325 e. The minimum atomic E-state index is -0.308. The van der Waals surface area contributed by atoms with Crippen molar-refractivity contribution >= 4 is 11.9 Å². The molecule has 0 aromatic carbocycles. The molecule has 0 saturated heterocycles. The van der Waals surface area contributed by atoms with Gasteiger partial charge in [-0.25, -0.2) is 0 Å². The molecule has 0 heterocycles. The predicted octanol–water partition coefficient (Wildman–Crippen LogP) is 1.83. The lowest BCUT2D eigenvalue weighted by molar-refractivity contribution is -0.150. The molecule has 1 aliphatic rings. The first-order chi connectivity index (χ1) is 8.10. The minimum absolute atomic E-state index is 0.0518. The van der Waals surface area contributed by atoms with Crippen LogP contribution in [0.1, 0.15) is 40.0 Å². The first-order valence-corrected chi connectivity index (χ1v) is 6.54. The van der Waals surface area contributed by atoms with E-state index in [9.17, 15) is 9.59 Å². The van der Waals surface area contributed by atoms with E-state index in [4.69, 9.17) is 4.74 Å². The molecule has 4 heteroatoms. The number of carbonyl (C=O) groups is 2. The zero-order valence-electron chi connectivity index (χ0n) is 11.1. The second-order valence-corrected chi connectivity index (χ2v) is 4.69. The Kier molecular flexibility index (Phi) is 5.45. The molecule has 17 heavy (non-hydrogen) atoms. The number of esters is 1. The Bertz CT molecular complexity index is 274. The van der Waals surface area contributed by atoms with Gasteiger partial charge in [-0.2, -0.15) is 0 Å². The van der Waals surface area contributed by atoms with E-state index in [1.165, 1.54) is 0 Å². The third-order valence-corrected chi connectivity index (χ3v) is 3.15. The highest BCUT2D eigenvalue weighted by Crippen LogP contribution is 2.37. The predicted molar refractivity (Wildman–Crippen MR) is 65.4 cm³/mol. The number of carbonyl (C=O) groups excluding carboxylic acids is 2. The van der Waals surface area contributed by atoms with Crippen molar-refractivity contribution in [2.75, 3.05) is 19.7 Å². The van der Waals surface area contributed by atoms with Crippen LogP contribution in [-0.4, -0.2) is 36.5 Å². The Labute approximate surface area is 103 Å². The van der Waals surface area contributed by atoms with E-state index < -0.39 is 0 Å². The summed E-state index contributed by atoms with van der Waals surface area (Å²) in [5.41, 5.74) is 0. The minimum Gasteiger partial charge on any atom is -0.465 e. The molecule has 98 valence electrons. The Morgan fingerprint density at radius 1 is 1.35 bits per heavy atom. The fourth-order valence-electron chi connectivity index (χ4n) is 1.99. The zero-order chi connectivity index (χ0) is 12.8. The number of hydrogen-bond donors (Lipinski definition) is 0. The first kappa shape index (κ1) is 14.0. The van der Waals surface area contributed by atoms with Gasteiger partial charge in [0.1, 0.15) is 6.54 Å². The largest absolute Gasteiger partial charge is 0.465 e. The van der Waals surface area contributed by atoms with Crippen LogP contribution in [0.2, 0.25) is 0 Å². The van der Waals surface area contributed by atoms with Gasteiger partial charge >= 0.3 is 5.97 Å². The fraction of sp³-hybridized carbons (Fsp3) is 0.846. The second kappa shape index (κ2) is 6.62. The molecule has 0 radical (unpaired) electrons. The molecule has 1 unspecified atom stereocenters. The van der Waals surface area contributed by atoms with Gasteiger partial charge in [0.15, 0.2) is 0 Å². The van der Waals surface area contributed by atoms with E-state index >= 15 is 0 Å². The van der Waals surface area contributed by atoms with Crippen molar-refractivity contribution in [1.82, 2.24) is 4.90 Å². The third kappa shape index (κ3) is 4.36. The van der Waals surface area contributed by atoms with E-state index in [-0.39, 0.29) is 24.3 Å². The quantitative estimate of drug-likeness (QED) is 0.639. The number of rotatable bonds is 7. The Hall–Kier alpha value is -1.06. The summed E-state index contributed by atoms with van der Waals surface area (Å²) >= 11 is 0. The van der Waals surface area contributed by atoms with Gasteiger partial charge in [-0.15, -0.1) is 0 Å². The molecule has 1 aliphatic carbocycles. The van der Waals surface area contributed by atoms with E-state index in [0.29, 0.717) is 19.1 Å². The summed E-state index contributed by atoms with van der Waals surface area (Å²) in [6, 6.07) is 0. The van der Waals surface area contributed by atoms with Crippen molar-refractivity contribution in [3.63, 3.8) is 0 Å². The molecule has 0 aromatic heterocycles. The van der Waals surface area contributed by atoms with Crippen LogP contribution in [0.4, 0.5) is 0 Å². The summed E-state index contributed by atoms with van der Waals surface area (Å²) in [5, 5.41) is 0. The van der Waals surface area contributed by atoms with E-state index in [1.807, 2.05) is 13.8 Å². The smallest absolute Gasteiger partial charge is 0.325 e. The molecule has 1 atom stereocenters. The van der Waals surface area contributed by atoms with Gasteiger partial charge in [-0.3, -0.25) is 9.59 Å². The van der Waals surface area contributed by atoms with Gasteiger partial charge in [0.2, 0.25) is 5.91 Å². The van der Waals surface area contributed by atoms with Crippen LogP contribution in [0.25, 0.3) is 0 Å². The molecule has 0 aliphatic heterocycles. The highest BCUT2D eigenvalue weighted by molar-refractivity contribution is 5.83. The van der Waals surface area contributed by atoms with Crippen LogP contribution in [-0.2, 0) is 14.3 Å². The summed E-state index contributed by atoms with van der Waals surface area (Å²) in [6.07, 6.45) is 3.15. The van der Waals surface area contributed by atoms with Gasteiger partial charge in [0.05, 0.1) is 6.61 Å². The molecule has 1 saturated carbocycles. The maximum absolute atomic E-state index is 12.2. The summed E-state index contributed by atoms with van der Waals surface area (Å²) in [6.45, 7) is 6.84. The van der Waals surface area contributed by atoms with Crippen molar-refractivity contribution in [2.45, 2.75) is 40.0 Å². The molecule has 0 bridgehead atoms. The highest BCUT2D eigenvalue weighted by Gasteiger charge is 2.35. The lowest BCUT2D eigenvalue weighted by Gasteiger charge is -2.24. The summed E-state index contributed by atoms with van der Waals surface area (Å²) < 4.78 is 4.89. The highest BCUT2D eigenvalue weighted by atomic mass is 16.5. The average Bonchev–Trinajstić information content (AvgIpc) is 3.10. The molecule has 1 fully saturated rings. The first-order valence-electron chi connectivity index (χ1n) is 6.54. The molecule has 1 amide bonds. The van der Waals surface area contributed by atoms with Gasteiger partial charge in [-0.05, 0) is 32.1 Å². The fourth-order valence-corrected chi connectivity index (χ4v) is 1.99. The Morgan fingerprint density at radius 3 is 2.47 bits per heavy atom. The maximum atomic E-state index is 12.2. The number of amides is 1. The molecule has 0 N–H and O–H groups in total. The van der Waals surface area contributed by atoms with Crippen LogP contribution >= 0.6 is 0 Å². The van der Waals surface area contributed by atoms with Crippen LogP contribution in [0.15, 0.2) is 0 Å². The Balaban J connectivity index is 2.50. The van der Waals surface area contributed by atoms with Crippen LogP contribution in [0.5, 0.6) is 0 Å². The van der Waals surface area contributed by atoms with E-state index in [0.717, 1.165) is 19.3 Å². The van der Waals surface area contributed by atoms with Crippen LogP contribution in [0, 0.1) is 11.8 Å². The van der Waals surface area contributed by atoms with Crippen LogP contribution in [0.3, 0.4) is 0 Å². The number of nitrogens with zero attached hydrogens (tertiary/aromatic N) is 1. The average molecular weight is 241 g/mol. The van der Waals surface area contributed by atoms with Crippen molar-refractivity contribution in [3.8, 4) is 0 Å². The zero-order valence-corrected chi connectivity index (χ0v) is 11.1. The summed E-state index contributed by atoms with van der Waals surface area (Å²) in [4.78, 5) is 25.2. The number of hydrogen-bond acceptors (Lipinski definition) is 3.